The van der Waals surface area contributed by atoms with Crippen molar-refractivity contribution in [3.05, 3.63) is 29.0 Å². The molecule has 0 aromatic carbocycles. The van der Waals surface area contributed by atoms with Crippen molar-refractivity contribution in [1.82, 2.24) is 10.3 Å². The number of aliphatic hydroxyl groups is 1. The van der Waals surface area contributed by atoms with Crippen LogP contribution < -0.4 is 5.32 Å². The van der Waals surface area contributed by atoms with Crippen LogP contribution in [0.5, 0.6) is 0 Å². The van der Waals surface area contributed by atoms with Gasteiger partial charge in [-0.3, -0.25) is 4.79 Å². The average molecular weight is 243 g/mol. The van der Waals surface area contributed by atoms with E-state index in [1.54, 1.807) is 26.8 Å². The lowest BCUT2D eigenvalue weighted by Crippen LogP contribution is -2.51. The van der Waals surface area contributed by atoms with Crippen molar-refractivity contribution in [2.24, 2.45) is 0 Å². The van der Waals surface area contributed by atoms with Crippen molar-refractivity contribution in [3.8, 4) is 0 Å². The molecule has 0 aliphatic carbocycles. The number of amides is 1. The minimum Gasteiger partial charge on any atom is -0.391 e. The number of nitrogens with one attached hydrogen (secondary N) is 1. The summed E-state index contributed by atoms with van der Waals surface area (Å²) in [4.78, 5) is 15.6. The molecule has 1 aromatic heterocycles. The van der Waals surface area contributed by atoms with Crippen molar-refractivity contribution >= 4 is 17.5 Å². The van der Waals surface area contributed by atoms with Crippen LogP contribution in [0.1, 0.15) is 31.3 Å². The van der Waals surface area contributed by atoms with Gasteiger partial charge in [0.1, 0.15) is 5.69 Å². The lowest BCUT2D eigenvalue weighted by Gasteiger charge is -2.29. The van der Waals surface area contributed by atoms with Gasteiger partial charge in [-0.05, 0) is 32.9 Å². The van der Waals surface area contributed by atoms with Crippen LogP contribution in [0.25, 0.3) is 0 Å². The minimum absolute atomic E-state index is 0.276. The van der Waals surface area contributed by atoms with Crippen LogP contribution in [-0.2, 0) is 0 Å². The molecule has 0 aliphatic heterocycles. The molecule has 0 saturated heterocycles. The van der Waals surface area contributed by atoms with Gasteiger partial charge in [-0.1, -0.05) is 11.6 Å². The molecule has 1 atom stereocenters. The van der Waals surface area contributed by atoms with E-state index in [1.807, 2.05) is 0 Å². The molecule has 1 rings (SSSR count). The van der Waals surface area contributed by atoms with Crippen LogP contribution in [-0.4, -0.2) is 27.6 Å². The van der Waals surface area contributed by atoms with E-state index in [4.69, 9.17) is 11.6 Å². The maximum atomic E-state index is 11.7. The van der Waals surface area contributed by atoms with Crippen molar-refractivity contribution in [1.29, 1.82) is 0 Å². The summed E-state index contributed by atoms with van der Waals surface area (Å²) < 4.78 is 0. The predicted molar refractivity (Wildman–Crippen MR) is 62.5 cm³/mol. The van der Waals surface area contributed by atoms with Crippen LogP contribution in [0.4, 0.5) is 0 Å². The number of aliphatic hydroxyl groups excluding tert-OH is 1. The summed E-state index contributed by atoms with van der Waals surface area (Å²) in [5.41, 5.74) is -0.420. The SMILES string of the molecule is CC(O)C(C)(C)NC(=O)c1ccc(Cl)cn1. The molecule has 88 valence electrons. The monoisotopic (exact) mass is 242 g/mol. The molecule has 0 spiro atoms. The molecular weight excluding hydrogens is 228 g/mol. The third kappa shape index (κ3) is 3.18. The third-order valence-corrected chi connectivity index (χ3v) is 2.66. The first-order valence-electron chi connectivity index (χ1n) is 4.95. The number of carbonyl (C=O) groups excluding carboxylic acids is 1. The van der Waals surface area contributed by atoms with Gasteiger partial charge in [-0.25, -0.2) is 4.98 Å². The smallest absolute Gasteiger partial charge is 0.270 e. The van der Waals surface area contributed by atoms with Crippen LogP contribution in [0.2, 0.25) is 5.02 Å². The second kappa shape index (κ2) is 4.80. The highest BCUT2D eigenvalue weighted by Crippen LogP contribution is 2.11. The van der Waals surface area contributed by atoms with E-state index in [0.29, 0.717) is 5.02 Å². The van der Waals surface area contributed by atoms with E-state index in [-0.39, 0.29) is 11.6 Å². The summed E-state index contributed by atoms with van der Waals surface area (Å²) in [6, 6.07) is 3.13. The maximum Gasteiger partial charge on any atom is 0.270 e. The van der Waals surface area contributed by atoms with Gasteiger partial charge < -0.3 is 10.4 Å². The molecular formula is C11H15ClN2O2. The summed E-state index contributed by atoms with van der Waals surface area (Å²) in [5, 5.41) is 12.6. The Morgan fingerprint density at radius 1 is 1.56 bits per heavy atom. The highest BCUT2D eigenvalue weighted by Gasteiger charge is 2.26. The first-order chi connectivity index (χ1) is 7.33. The first kappa shape index (κ1) is 12.9. The Labute approximate surface area is 99.6 Å². The summed E-state index contributed by atoms with van der Waals surface area (Å²) >= 11 is 5.67. The summed E-state index contributed by atoms with van der Waals surface area (Å²) in [5.74, 6) is -0.331. The Morgan fingerprint density at radius 2 is 2.19 bits per heavy atom. The van der Waals surface area contributed by atoms with E-state index in [1.165, 1.54) is 12.3 Å². The molecule has 1 heterocycles. The summed E-state index contributed by atoms with van der Waals surface area (Å²) in [6.45, 7) is 5.10. The number of hydrogen-bond donors (Lipinski definition) is 2. The van der Waals surface area contributed by atoms with Gasteiger partial charge in [-0.15, -0.1) is 0 Å². The number of carbonyl (C=O) groups is 1. The van der Waals surface area contributed by atoms with Gasteiger partial charge in [0.05, 0.1) is 16.7 Å². The number of nitrogens with zero attached hydrogens (tertiary/aromatic N) is 1. The second-order valence-electron chi connectivity index (χ2n) is 4.21. The fraction of sp³-hybridized carbons (Fsp3) is 0.455. The average Bonchev–Trinajstić information content (AvgIpc) is 2.17. The third-order valence-electron chi connectivity index (χ3n) is 2.44. The Balaban J connectivity index is 2.77. The lowest BCUT2D eigenvalue weighted by molar-refractivity contribution is 0.0705. The zero-order valence-corrected chi connectivity index (χ0v) is 10.2. The Kier molecular flexibility index (Phi) is 3.88. The topological polar surface area (TPSA) is 62.2 Å². The number of rotatable bonds is 3. The van der Waals surface area contributed by atoms with Crippen molar-refractivity contribution in [2.45, 2.75) is 32.4 Å². The van der Waals surface area contributed by atoms with Gasteiger partial charge >= 0.3 is 0 Å². The van der Waals surface area contributed by atoms with E-state index in [0.717, 1.165) is 0 Å². The largest absolute Gasteiger partial charge is 0.391 e. The molecule has 0 fully saturated rings. The number of aromatic nitrogens is 1. The molecule has 1 aromatic rings. The van der Waals surface area contributed by atoms with Crippen molar-refractivity contribution in [2.75, 3.05) is 0 Å². The normalized spacial score (nSPS) is 13.3. The molecule has 0 saturated carbocycles. The first-order valence-corrected chi connectivity index (χ1v) is 5.33. The van der Waals surface area contributed by atoms with Crippen LogP contribution in [0.3, 0.4) is 0 Å². The molecule has 5 heteroatoms. The van der Waals surface area contributed by atoms with E-state index in [9.17, 15) is 9.90 Å². The van der Waals surface area contributed by atoms with Gasteiger partial charge in [0.25, 0.3) is 5.91 Å². The molecule has 0 aliphatic rings. The standard InChI is InChI=1S/C11H15ClN2O2/c1-7(15)11(2,3)14-10(16)9-5-4-8(12)6-13-9/h4-7,15H,1-3H3,(H,14,16). The molecule has 1 amide bonds. The Morgan fingerprint density at radius 3 is 2.62 bits per heavy atom. The van der Waals surface area contributed by atoms with Crippen LogP contribution in [0.15, 0.2) is 18.3 Å². The number of hydrogen-bond acceptors (Lipinski definition) is 3. The van der Waals surface area contributed by atoms with E-state index >= 15 is 0 Å². The number of halogens is 1. The van der Waals surface area contributed by atoms with Crippen LogP contribution >= 0.6 is 11.6 Å². The molecule has 4 nitrogen and oxygen atoms in total. The van der Waals surface area contributed by atoms with Gasteiger partial charge in [-0.2, -0.15) is 0 Å². The lowest BCUT2D eigenvalue weighted by atomic mass is 9.98. The fourth-order valence-electron chi connectivity index (χ4n) is 0.971. The zero-order valence-electron chi connectivity index (χ0n) is 9.49. The van der Waals surface area contributed by atoms with Crippen molar-refractivity contribution < 1.29 is 9.90 Å². The second-order valence-corrected chi connectivity index (χ2v) is 4.65. The Bertz CT molecular complexity index is 374. The highest BCUT2D eigenvalue weighted by molar-refractivity contribution is 6.30. The summed E-state index contributed by atoms with van der Waals surface area (Å²) in [6.07, 6.45) is 0.759. The summed E-state index contributed by atoms with van der Waals surface area (Å²) in [7, 11) is 0. The maximum absolute atomic E-state index is 11.7. The van der Waals surface area contributed by atoms with Crippen molar-refractivity contribution in [3.63, 3.8) is 0 Å². The molecule has 1 unspecified atom stereocenters. The van der Waals surface area contributed by atoms with Gasteiger partial charge in [0.15, 0.2) is 0 Å². The quantitative estimate of drug-likeness (QED) is 0.847. The minimum atomic E-state index is -0.696. The molecule has 0 bridgehead atoms. The van der Waals surface area contributed by atoms with E-state index < -0.39 is 11.6 Å². The molecule has 2 N–H and O–H groups in total. The van der Waals surface area contributed by atoms with E-state index in [2.05, 4.69) is 10.3 Å². The zero-order chi connectivity index (χ0) is 12.3. The Hall–Kier alpha value is -1.13. The van der Waals surface area contributed by atoms with Gasteiger partial charge in [0, 0.05) is 6.20 Å². The molecule has 0 radical (unpaired) electrons. The van der Waals surface area contributed by atoms with Gasteiger partial charge in [0.2, 0.25) is 0 Å². The van der Waals surface area contributed by atoms with Crippen LogP contribution in [0, 0.1) is 0 Å². The molecule has 16 heavy (non-hydrogen) atoms. The predicted octanol–water partition coefficient (Wildman–Crippen LogP) is 1.62. The highest BCUT2D eigenvalue weighted by atomic mass is 35.5. The number of pyridine rings is 1. The fourth-order valence-corrected chi connectivity index (χ4v) is 1.08.